The molecule has 0 radical (unpaired) electrons. The van der Waals surface area contributed by atoms with Crippen molar-refractivity contribution in [2.75, 3.05) is 13.1 Å². The van der Waals surface area contributed by atoms with Gasteiger partial charge < -0.3 is 10.0 Å². The van der Waals surface area contributed by atoms with E-state index in [9.17, 15) is 9.59 Å². The molecule has 0 aromatic heterocycles. The fourth-order valence-electron chi connectivity index (χ4n) is 1.74. The summed E-state index contributed by atoms with van der Waals surface area (Å²) < 4.78 is 0. The number of nitrogens with zero attached hydrogens (tertiary/aromatic N) is 1. The number of carbonyl (C=O) groups excluding carboxylic acids is 1. The molecule has 1 aromatic rings. The minimum absolute atomic E-state index is 0.0813. The Morgan fingerprint density at radius 1 is 1.17 bits per heavy atom. The van der Waals surface area contributed by atoms with Crippen LogP contribution in [0.4, 0.5) is 0 Å². The third-order valence-corrected chi connectivity index (χ3v) is 2.80. The number of hydrogen-bond acceptors (Lipinski definition) is 2. The van der Waals surface area contributed by atoms with E-state index in [0.717, 1.165) is 6.42 Å². The Bertz CT molecular complexity index is 389. The van der Waals surface area contributed by atoms with Crippen molar-refractivity contribution in [3.05, 3.63) is 35.9 Å². The number of hydrogen-bond donors (Lipinski definition) is 1. The summed E-state index contributed by atoms with van der Waals surface area (Å²) in [5.74, 6) is -1.02. The Morgan fingerprint density at radius 3 is 2.39 bits per heavy atom. The molecule has 0 atom stereocenters. The average Bonchev–Trinajstić information content (AvgIpc) is 2.38. The summed E-state index contributed by atoms with van der Waals surface area (Å²) in [5, 5.41) is 8.55. The Labute approximate surface area is 107 Å². The Hall–Kier alpha value is -1.84. The van der Waals surface area contributed by atoms with Crippen LogP contribution in [0.15, 0.2) is 30.3 Å². The Kier molecular flexibility index (Phi) is 5.91. The molecule has 0 unspecified atom stereocenters. The van der Waals surface area contributed by atoms with Crippen molar-refractivity contribution in [1.29, 1.82) is 0 Å². The maximum Gasteiger partial charge on any atom is 0.303 e. The second kappa shape index (κ2) is 7.48. The molecule has 0 saturated heterocycles. The molecule has 98 valence electrons. The Balaban J connectivity index is 2.42. The van der Waals surface area contributed by atoms with Gasteiger partial charge in [0.15, 0.2) is 0 Å². The monoisotopic (exact) mass is 249 g/mol. The molecule has 0 fully saturated rings. The zero-order chi connectivity index (χ0) is 13.4. The van der Waals surface area contributed by atoms with Crippen molar-refractivity contribution in [2.45, 2.75) is 26.2 Å². The van der Waals surface area contributed by atoms with Gasteiger partial charge in [0.25, 0.3) is 0 Å². The number of carboxylic acids is 1. The fourth-order valence-corrected chi connectivity index (χ4v) is 1.74. The van der Waals surface area contributed by atoms with Gasteiger partial charge >= 0.3 is 5.97 Å². The maximum atomic E-state index is 11.8. The average molecular weight is 249 g/mol. The minimum Gasteiger partial charge on any atom is -0.481 e. The van der Waals surface area contributed by atoms with Crippen LogP contribution >= 0.6 is 0 Å². The predicted octanol–water partition coefficient (Wildman–Crippen LogP) is 1.94. The fraction of sp³-hybridized carbons (Fsp3) is 0.429. The molecule has 4 nitrogen and oxygen atoms in total. The van der Waals surface area contributed by atoms with Gasteiger partial charge in [0.1, 0.15) is 0 Å². The van der Waals surface area contributed by atoms with E-state index in [1.54, 1.807) is 4.90 Å². The standard InChI is InChI=1S/C14H19NO3/c1-2-15(13(16)8-9-14(17)18)11-10-12-6-4-3-5-7-12/h3-7H,2,8-11H2,1H3,(H,17,18). The van der Waals surface area contributed by atoms with Gasteiger partial charge in [0.2, 0.25) is 5.91 Å². The third kappa shape index (κ3) is 4.99. The van der Waals surface area contributed by atoms with E-state index in [1.807, 2.05) is 37.3 Å². The summed E-state index contributed by atoms with van der Waals surface area (Å²) in [4.78, 5) is 23.9. The summed E-state index contributed by atoms with van der Waals surface area (Å²) in [5.41, 5.74) is 1.18. The molecule has 0 spiro atoms. The summed E-state index contributed by atoms with van der Waals surface area (Å²) in [6.45, 7) is 3.16. The zero-order valence-electron chi connectivity index (χ0n) is 10.6. The van der Waals surface area contributed by atoms with Crippen LogP contribution in [0.25, 0.3) is 0 Å². The lowest BCUT2D eigenvalue weighted by atomic mass is 10.1. The van der Waals surface area contributed by atoms with Gasteiger partial charge in [-0.05, 0) is 18.9 Å². The maximum absolute atomic E-state index is 11.8. The van der Waals surface area contributed by atoms with E-state index in [2.05, 4.69) is 0 Å². The smallest absolute Gasteiger partial charge is 0.303 e. The number of aliphatic carboxylic acids is 1. The van der Waals surface area contributed by atoms with E-state index in [0.29, 0.717) is 13.1 Å². The van der Waals surface area contributed by atoms with E-state index in [4.69, 9.17) is 5.11 Å². The zero-order valence-corrected chi connectivity index (χ0v) is 10.6. The van der Waals surface area contributed by atoms with E-state index in [1.165, 1.54) is 5.56 Å². The lowest BCUT2D eigenvalue weighted by Crippen LogP contribution is -2.32. The van der Waals surface area contributed by atoms with Crippen LogP contribution in [-0.4, -0.2) is 35.0 Å². The van der Waals surface area contributed by atoms with Gasteiger partial charge in [-0.25, -0.2) is 0 Å². The predicted molar refractivity (Wildman–Crippen MR) is 69.3 cm³/mol. The van der Waals surface area contributed by atoms with Crippen LogP contribution in [-0.2, 0) is 16.0 Å². The van der Waals surface area contributed by atoms with Gasteiger partial charge in [-0.3, -0.25) is 9.59 Å². The normalized spacial score (nSPS) is 10.1. The number of rotatable bonds is 7. The van der Waals surface area contributed by atoms with Crippen LogP contribution in [0.5, 0.6) is 0 Å². The summed E-state index contributed by atoms with van der Waals surface area (Å²) >= 11 is 0. The molecule has 1 rings (SSSR count). The van der Waals surface area contributed by atoms with Crippen molar-refractivity contribution in [1.82, 2.24) is 4.90 Å². The SMILES string of the molecule is CCN(CCc1ccccc1)C(=O)CCC(=O)O. The molecule has 1 N–H and O–H groups in total. The van der Waals surface area contributed by atoms with Crippen LogP contribution in [0.1, 0.15) is 25.3 Å². The van der Waals surface area contributed by atoms with Crippen LogP contribution in [0.2, 0.25) is 0 Å². The highest BCUT2D eigenvalue weighted by Crippen LogP contribution is 2.04. The first-order valence-corrected chi connectivity index (χ1v) is 6.17. The van der Waals surface area contributed by atoms with Gasteiger partial charge in [-0.1, -0.05) is 30.3 Å². The van der Waals surface area contributed by atoms with Crippen molar-refractivity contribution in [3.8, 4) is 0 Å². The molecule has 0 aliphatic heterocycles. The lowest BCUT2D eigenvalue weighted by molar-refractivity contribution is -0.140. The van der Waals surface area contributed by atoms with Gasteiger partial charge in [-0.15, -0.1) is 0 Å². The topological polar surface area (TPSA) is 57.6 Å². The highest BCUT2D eigenvalue weighted by molar-refractivity contribution is 5.80. The summed E-state index contributed by atoms with van der Waals surface area (Å²) in [7, 11) is 0. The van der Waals surface area contributed by atoms with E-state index >= 15 is 0 Å². The molecular formula is C14H19NO3. The number of carboxylic acid groups (broad SMARTS) is 1. The highest BCUT2D eigenvalue weighted by atomic mass is 16.4. The van der Waals surface area contributed by atoms with E-state index < -0.39 is 5.97 Å². The largest absolute Gasteiger partial charge is 0.481 e. The molecule has 0 aliphatic rings. The number of amides is 1. The molecule has 0 bridgehead atoms. The number of carbonyl (C=O) groups is 2. The minimum atomic E-state index is -0.928. The van der Waals surface area contributed by atoms with Crippen LogP contribution < -0.4 is 0 Å². The van der Waals surface area contributed by atoms with Gasteiger partial charge in [0.05, 0.1) is 6.42 Å². The molecule has 0 saturated carbocycles. The summed E-state index contributed by atoms with van der Waals surface area (Å²) in [6, 6.07) is 9.94. The van der Waals surface area contributed by atoms with Crippen LogP contribution in [0, 0.1) is 0 Å². The van der Waals surface area contributed by atoms with Gasteiger partial charge in [-0.2, -0.15) is 0 Å². The van der Waals surface area contributed by atoms with Crippen LogP contribution in [0.3, 0.4) is 0 Å². The Morgan fingerprint density at radius 2 is 1.83 bits per heavy atom. The molecule has 1 amide bonds. The summed E-state index contributed by atoms with van der Waals surface area (Å²) in [6.07, 6.45) is 0.784. The van der Waals surface area contributed by atoms with Gasteiger partial charge in [0, 0.05) is 19.5 Å². The van der Waals surface area contributed by atoms with Crippen molar-refractivity contribution in [3.63, 3.8) is 0 Å². The molecule has 0 heterocycles. The molecular weight excluding hydrogens is 230 g/mol. The van der Waals surface area contributed by atoms with Crippen molar-refractivity contribution >= 4 is 11.9 Å². The first kappa shape index (κ1) is 14.2. The lowest BCUT2D eigenvalue weighted by Gasteiger charge is -2.20. The first-order chi connectivity index (χ1) is 8.63. The molecule has 0 aliphatic carbocycles. The third-order valence-electron chi connectivity index (χ3n) is 2.80. The van der Waals surface area contributed by atoms with E-state index in [-0.39, 0.29) is 18.7 Å². The second-order valence-corrected chi connectivity index (χ2v) is 4.10. The molecule has 1 aromatic carbocycles. The van der Waals surface area contributed by atoms with Crippen molar-refractivity contribution < 1.29 is 14.7 Å². The first-order valence-electron chi connectivity index (χ1n) is 6.17. The quantitative estimate of drug-likeness (QED) is 0.803. The second-order valence-electron chi connectivity index (χ2n) is 4.10. The van der Waals surface area contributed by atoms with Crippen molar-refractivity contribution in [2.24, 2.45) is 0 Å². The molecule has 4 heteroatoms. The highest BCUT2D eigenvalue weighted by Gasteiger charge is 2.12. The molecule has 18 heavy (non-hydrogen) atoms. The number of likely N-dealkylation sites (N-methyl/N-ethyl adjacent to an activating group) is 1. The number of benzene rings is 1.